The zero-order valence-corrected chi connectivity index (χ0v) is 21.0. The molecule has 0 radical (unpaired) electrons. The number of rotatable bonds is 5. The summed E-state index contributed by atoms with van der Waals surface area (Å²) in [6, 6.07) is 12.5. The molecule has 4 aromatic rings. The highest BCUT2D eigenvalue weighted by Gasteiger charge is 2.34. The molecule has 2 atom stereocenters. The van der Waals surface area contributed by atoms with Crippen LogP contribution in [-0.4, -0.2) is 34.0 Å². The number of nitrogens with two attached hydrogens (primary N) is 1. The van der Waals surface area contributed by atoms with Gasteiger partial charge in [-0.05, 0) is 43.5 Å². The van der Waals surface area contributed by atoms with Crippen molar-refractivity contribution in [1.82, 2.24) is 15.3 Å². The van der Waals surface area contributed by atoms with Gasteiger partial charge in [-0.15, -0.1) is 11.3 Å². The van der Waals surface area contributed by atoms with Crippen molar-refractivity contribution in [2.75, 3.05) is 10.2 Å². The molecule has 4 N–H and O–H groups in total. The average Bonchev–Trinajstić information content (AvgIpc) is 3.26. The Hall–Kier alpha value is -4.02. The maximum atomic E-state index is 13.4. The molecule has 1 aromatic carbocycles. The van der Waals surface area contributed by atoms with E-state index < -0.39 is 0 Å². The molecule has 0 spiro atoms. The number of pyridine rings is 2. The predicted molar refractivity (Wildman–Crippen MR) is 144 cm³/mol. The van der Waals surface area contributed by atoms with Gasteiger partial charge in [0.05, 0.1) is 28.6 Å². The van der Waals surface area contributed by atoms with E-state index in [4.69, 9.17) is 10.5 Å². The standard InChI is InChI=1S/C27H26N6O3S/c1-15-13-21(36-16-7-3-2-4-8-16)30-14-20(15)33-19-11-12-29-26-22(19)23(32-27(33)35)24(37-26)25(34)31-18-10-6-5-9-17(18)28/h2-4,7-8,11-14,17-18H,5-6,9-10,28H2,1H3,(H,31,34)(H,32,35)/t17-,18+/m0/s1. The molecule has 0 unspecified atom stereocenters. The Morgan fingerprint density at radius 1 is 1.16 bits per heavy atom. The summed E-state index contributed by atoms with van der Waals surface area (Å²) in [4.78, 5) is 38.3. The summed E-state index contributed by atoms with van der Waals surface area (Å²) in [5, 5.41) is 6.76. The normalized spacial score (nSPS) is 19.0. The van der Waals surface area contributed by atoms with E-state index in [0.717, 1.165) is 36.6 Å². The van der Waals surface area contributed by atoms with Gasteiger partial charge in [0, 0.05) is 24.3 Å². The number of ether oxygens (including phenoxy) is 1. The number of nitrogens with one attached hydrogen (secondary N) is 2. The first-order valence-electron chi connectivity index (χ1n) is 12.3. The minimum Gasteiger partial charge on any atom is -0.439 e. The van der Waals surface area contributed by atoms with Gasteiger partial charge in [-0.1, -0.05) is 31.0 Å². The molecule has 1 fully saturated rings. The first kappa shape index (κ1) is 23.4. The van der Waals surface area contributed by atoms with E-state index in [9.17, 15) is 9.59 Å². The monoisotopic (exact) mass is 514 g/mol. The molecular formula is C27H26N6O3S. The molecular weight excluding hydrogens is 488 g/mol. The number of aromatic nitrogens is 2. The second kappa shape index (κ2) is 9.45. The van der Waals surface area contributed by atoms with Crippen LogP contribution < -0.4 is 26.0 Å². The highest BCUT2D eigenvalue weighted by Crippen LogP contribution is 2.46. The van der Waals surface area contributed by atoms with E-state index in [2.05, 4.69) is 20.6 Å². The minimum absolute atomic E-state index is 0.0634. The summed E-state index contributed by atoms with van der Waals surface area (Å²) >= 11 is 1.27. The lowest BCUT2D eigenvalue weighted by Gasteiger charge is -2.30. The Morgan fingerprint density at radius 3 is 2.76 bits per heavy atom. The zero-order chi connectivity index (χ0) is 25.5. The smallest absolute Gasteiger partial charge is 0.331 e. The van der Waals surface area contributed by atoms with Crippen LogP contribution in [0.3, 0.4) is 0 Å². The number of para-hydroxylation sites is 1. The van der Waals surface area contributed by atoms with E-state index in [1.54, 1.807) is 29.4 Å². The molecule has 1 aliphatic carbocycles. The number of anilines is 3. The van der Waals surface area contributed by atoms with Crippen LogP contribution in [0.25, 0.3) is 10.2 Å². The molecule has 10 heteroatoms. The highest BCUT2D eigenvalue weighted by molar-refractivity contribution is 7.21. The van der Waals surface area contributed by atoms with Crippen LogP contribution in [0.2, 0.25) is 0 Å². The molecule has 3 amide bonds. The van der Waals surface area contributed by atoms with Gasteiger partial charge in [0.25, 0.3) is 5.91 Å². The number of thiophene rings is 1. The second-order valence-corrected chi connectivity index (χ2v) is 10.3. The van der Waals surface area contributed by atoms with Crippen molar-refractivity contribution in [2.24, 2.45) is 5.73 Å². The number of benzene rings is 1. The summed E-state index contributed by atoms with van der Waals surface area (Å²) in [6.07, 6.45) is 7.14. The highest BCUT2D eigenvalue weighted by atomic mass is 32.1. The van der Waals surface area contributed by atoms with Crippen molar-refractivity contribution in [3.63, 3.8) is 0 Å². The van der Waals surface area contributed by atoms with Gasteiger partial charge in [-0.3, -0.25) is 9.69 Å². The zero-order valence-electron chi connectivity index (χ0n) is 20.2. The van der Waals surface area contributed by atoms with Crippen molar-refractivity contribution in [3.05, 3.63) is 65.3 Å². The third kappa shape index (κ3) is 4.28. The lowest BCUT2D eigenvalue weighted by molar-refractivity contribution is 0.0926. The second-order valence-electron chi connectivity index (χ2n) is 9.33. The Morgan fingerprint density at radius 2 is 1.97 bits per heavy atom. The van der Waals surface area contributed by atoms with Crippen molar-refractivity contribution in [3.8, 4) is 11.6 Å². The van der Waals surface area contributed by atoms with Gasteiger partial charge in [-0.2, -0.15) is 0 Å². The first-order valence-corrected chi connectivity index (χ1v) is 13.1. The number of carbonyl (C=O) groups excluding carboxylic acids is 2. The Labute approximate surface area is 217 Å². The fourth-order valence-electron chi connectivity index (χ4n) is 4.98. The largest absolute Gasteiger partial charge is 0.439 e. The van der Waals surface area contributed by atoms with Crippen LogP contribution in [0.4, 0.5) is 21.9 Å². The van der Waals surface area contributed by atoms with Gasteiger partial charge in [0.1, 0.15) is 15.5 Å². The number of urea groups is 1. The maximum Gasteiger partial charge on any atom is 0.331 e. The third-order valence-corrected chi connectivity index (χ3v) is 7.95. The summed E-state index contributed by atoms with van der Waals surface area (Å²) in [5.41, 5.74) is 8.80. The number of hydrogen-bond donors (Lipinski definition) is 3. The molecule has 9 nitrogen and oxygen atoms in total. The number of hydrogen-bond acceptors (Lipinski definition) is 7. The van der Waals surface area contributed by atoms with Crippen LogP contribution in [0.15, 0.2) is 54.9 Å². The van der Waals surface area contributed by atoms with Gasteiger partial charge >= 0.3 is 6.03 Å². The summed E-state index contributed by atoms with van der Waals surface area (Å²) < 4.78 is 5.85. The molecule has 6 rings (SSSR count). The Balaban J connectivity index is 1.34. The van der Waals surface area contributed by atoms with Crippen molar-refractivity contribution in [1.29, 1.82) is 0 Å². The van der Waals surface area contributed by atoms with Crippen LogP contribution in [0.5, 0.6) is 11.6 Å². The summed E-state index contributed by atoms with van der Waals surface area (Å²) in [5.74, 6) is 0.873. The van der Waals surface area contributed by atoms with Crippen molar-refractivity contribution < 1.29 is 14.3 Å². The van der Waals surface area contributed by atoms with Gasteiger partial charge in [0.15, 0.2) is 0 Å². The molecule has 0 bridgehead atoms. The number of nitrogens with zero attached hydrogens (tertiary/aromatic N) is 3. The summed E-state index contributed by atoms with van der Waals surface area (Å²) in [6.45, 7) is 1.90. The molecule has 0 saturated heterocycles. The van der Waals surface area contributed by atoms with Crippen LogP contribution in [0.1, 0.15) is 40.9 Å². The number of aryl methyl sites for hydroxylation is 1. The lowest BCUT2D eigenvalue weighted by atomic mass is 9.91. The number of amides is 3. The molecule has 3 aromatic heterocycles. The van der Waals surface area contributed by atoms with Crippen LogP contribution in [-0.2, 0) is 0 Å². The lowest BCUT2D eigenvalue weighted by Crippen LogP contribution is -2.49. The molecule has 37 heavy (non-hydrogen) atoms. The van der Waals surface area contributed by atoms with Gasteiger partial charge in [0.2, 0.25) is 5.88 Å². The molecule has 188 valence electrons. The Kier molecular flexibility index (Phi) is 5.97. The molecule has 1 aliphatic heterocycles. The van der Waals surface area contributed by atoms with Gasteiger partial charge in [-0.25, -0.2) is 14.8 Å². The van der Waals surface area contributed by atoms with E-state index in [1.807, 2.05) is 37.3 Å². The van der Waals surface area contributed by atoms with Crippen molar-refractivity contribution in [2.45, 2.75) is 44.7 Å². The van der Waals surface area contributed by atoms with E-state index in [-0.39, 0.29) is 24.0 Å². The quantitative estimate of drug-likeness (QED) is 0.324. The van der Waals surface area contributed by atoms with E-state index >= 15 is 0 Å². The average molecular weight is 515 g/mol. The minimum atomic E-state index is -0.372. The van der Waals surface area contributed by atoms with E-state index in [0.29, 0.717) is 38.4 Å². The fraction of sp³-hybridized carbons (Fsp3) is 0.259. The first-order chi connectivity index (χ1) is 18.0. The molecule has 2 aliphatic rings. The van der Waals surface area contributed by atoms with Crippen molar-refractivity contribution >= 4 is 50.6 Å². The number of carbonyl (C=O) groups is 2. The Bertz CT molecular complexity index is 1510. The van der Waals surface area contributed by atoms with Gasteiger partial charge < -0.3 is 21.1 Å². The predicted octanol–water partition coefficient (Wildman–Crippen LogP) is 5.48. The van der Waals surface area contributed by atoms with E-state index in [1.165, 1.54) is 11.3 Å². The topological polar surface area (TPSA) is 122 Å². The SMILES string of the molecule is Cc1cc(Oc2ccccc2)ncc1N1C(=O)Nc2c(C(=O)N[C@@H]3CCCC[C@@H]3N)sc3nccc1c23. The summed E-state index contributed by atoms with van der Waals surface area (Å²) in [7, 11) is 0. The molecule has 1 saturated carbocycles. The maximum absolute atomic E-state index is 13.4. The van der Waals surface area contributed by atoms with Crippen LogP contribution in [0, 0.1) is 6.92 Å². The molecule has 4 heterocycles. The van der Waals surface area contributed by atoms with Crippen LogP contribution >= 0.6 is 11.3 Å². The fourth-order valence-corrected chi connectivity index (χ4v) is 6.00. The third-order valence-electron chi connectivity index (χ3n) is 6.85.